The lowest BCUT2D eigenvalue weighted by atomic mass is 10.0. The second kappa shape index (κ2) is 3.43. The van der Waals surface area contributed by atoms with Gasteiger partial charge in [-0.1, -0.05) is 5.21 Å². The molecule has 5 heteroatoms. The Bertz CT molecular complexity index is 285. The van der Waals surface area contributed by atoms with E-state index < -0.39 is 0 Å². The van der Waals surface area contributed by atoms with Crippen LogP contribution in [0.2, 0.25) is 0 Å². The van der Waals surface area contributed by atoms with Gasteiger partial charge in [-0.3, -0.25) is 0 Å². The van der Waals surface area contributed by atoms with E-state index in [0.717, 1.165) is 18.8 Å². The summed E-state index contributed by atoms with van der Waals surface area (Å²) in [5.74, 6) is 0.148. The predicted molar refractivity (Wildman–Crippen MR) is 47.3 cm³/mol. The number of nitrogens with zero attached hydrogens (tertiary/aromatic N) is 3. The third-order valence-electron chi connectivity index (χ3n) is 2.51. The fraction of sp³-hybridized carbons (Fsp3) is 0.750. The molecular weight excluding hydrogens is 168 g/mol. The Morgan fingerprint density at radius 3 is 3.15 bits per heavy atom. The van der Waals surface area contributed by atoms with Gasteiger partial charge in [-0.15, -0.1) is 5.10 Å². The Kier molecular flexibility index (Phi) is 2.28. The van der Waals surface area contributed by atoms with Gasteiger partial charge in [0.25, 0.3) is 0 Å². The summed E-state index contributed by atoms with van der Waals surface area (Å²) in [5.41, 5.74) is 1.03. The molecule has 0 aromatic carbocycles. The van der Waals surface area contributed by atoms with Gasteiger partial charge in [0, 0.05) is 25.6 Å². The molecule has 13 heavy (non-hydrogen) atoms. The fourth-order valence-electron chi connectivity index (χ4n) is 1.77. The molecule has 2 heterocycles. The summed E-state index contributed by atoms with van der Waals surface area (Å²) in [6.45, 7) is 4.31. The summed E-state index contributed by atoms with van der Waals surface area (Å²) < 4.78 is 1.83. The predicted octanol–water partition coefficient (Wildman–Crippen LogP) is -0.654. The summed E-state index contributed by atoms with van der Waals surface area (Å²) in [7, 11) is 0. The Balaban J connectivity index is 2.23. The average Bonchev–Trinajstić information content (AvgIpc) is 2.71. The van der Waals surface area contributed by atoms with Crippen LogP contribution in [0.3, 0.4) is 0 Å². The zero-order chi connectivity index (χ0) is 9.26. The molecule has 72 valence electrons. The number of rotatable bonds is 2. The average molecular weight is 182 g/mol. The first-order valence-electron chi connectivity index (χ1n) is 4.60. The first-order valence-corrected chi connectivity index (χ1v) is 4.60. The largest absolute Gasteiger partial charge is 0.391 e. The zero-order valence-electron chi connectivity index (χ0n) is 7.64. The highest BCUT2D eigenvalue weighted by Crippen LogP contribution is 2.21. The monoisotopic (exact) mass is 182 g/mol. The van der Waals surface area contributed by atoms with Crippen molar-refractivity contribution < 1.29 is 5.11 Å². The highest BCUT2D eigenvalue weighted by atomic mass is 16.3. The Labute approximate surface area is 76.8 Å². The minimum Gasteiger partial charge on any atom is -0.391 e. The molecule has 0 aliphatic carbocycles. The van der Waals surface area contributed by atoms with Gasteiger partial charge >= 0.3 is 0 Å². The van der Waals surface area contributed by atoms with Crippen LogP contribution in [0.5, 0.6) is 0 Å². The van der Waals surface area contributed by atoms with Crippen LogP contribution in [-0.2, 0) is 6.54 Å². The number of aryl methyl sites for hydroxylation is 1. The standard InChI is InChI=1S/C8H14N4O/c1-2-12-7(4-10-11-12)6-3-9-5-8(6)13/h4,6,8-9,13H,2-3,5H2,1H3/t6-,8+/m0/s1. The SMILES string of the molecule is CCn1nncc1[C@@H]1CNC[C@H]1O. The molecule has 1 fully saturated rings. The van der Waals surface area contributed by atoms with Crippen molar-refractivity contribution in [2.75, 3.05) is 13.1 Å². The number of hydrogen-bond acceptors (Lipinski definition) is 4. The van der Waals surface area contributed by atoms with Crippen molar-refractivity contribution in [3.63, 3.8) is 0 Å². The molecular formula is C8H14N4O. The van der Waals surface area contributed by atoms with E-state index in [9.17, 15) is 5.11 Å². The quantitative estimate of drug-likeness (QED) is 0.637. The highest BCUT2D eigenvalue weighted by Gasteiger charge is 2.29. The van der Waals surface area contributed by atoms with Crippen molar-refractivity contribution in [2.45, 2.75) is 25.5 Å². The Morgan fingerprint density at radius 2 is 2.54 bits per heavy atom. The van der Waals surface area contributed by atoms with Gasteiger partial charge in [-0.05, 0) is 6.92 Å². The van der Waals surface area contributed by atoms with E-state index in [1.807, 2.05) is 11.6 Å². The van der Waals surface area contributed by atoms with Crippen LogP contribution < -0.4 is 5.32 Å². The zero-order valence-corrected chi connectivity index (χ0v) is 7.64. The maximum absolute atomic E-state index is 9.65. The van der Waals surface area contributed by atoms with E-state index in [0.29, 0.717) is 6.54 Å². The number of aliphatic hydroxyl groups excluding tert-OH is 1. The lowest BCUT2D eigenvalue weighted by Gasteiger charge is -2.13. The van der Waals surface area contributed by atoms with Crippen molar-refractivity contribution in [1.29, 1.82) is 0 Å². The second-order valence-corrected chi connectivity index (χ2v) is 3.31. The maximum atomic E-state index is 9.65. The van der Waals surface area contributed by atoms with Crippen LogP contribution in [0.25, 0.3) is 0 Å². The molecule has 0 saturated carbocycles. The van der Waals surface area contributed by atoms with Crippen LogP contribution in [0.1, 0.15) is 18.5 Å². The van der Waals surface area contributed by atoms with Crippen molar-refractivity contribution in [3.8, 4) is 0 Å². The van der Waals surface area contributed by atoms with Crippen LogP contribution in [-0.4, -0.2) is 39.3 Å². The molecule has 0 amide bonds. The molecule has 2 N–H and O–H groups in total. The lowest BCUT2D eigenvalue weighted by molar-refractivity contribution is 0.174. The van der Waals surface area contributed by atoms with Crippen LogP contribution in [0, 0.1) is 0 Å². The van der Waals surface area contributed by atoms with Crippen molar-refractivity contribution in [1.82, 2.24) is 20.3 Å². The van der Waals surface area contributed by atoms with E-state index in [2.05, 4.69) is 15.6 Å². The van der Waals surface area contributed by atoms with Gasteiger partial charge < -0.3 is 10.4 Å². The summed E-state index contributed by atoms with van der Waals surface area (Å²) in [6, 6.07) is 0. The van der Waals surface area contributed by atoms with E-state index in [4.69, 9.17) is 0 Å². The first kappa shape index (κ1) is 8.65. The number of β-amino-alcohol motifs (C(OH)–C–C–N with tert-alkyl or cyclic N) is 1. The smallest absolute Gasteiger partial charge is 0.0760 e. The summed E-state index contributed by atoms with van der Waals surface area (Å²) in [6.07, 6.45) is 1.44. The summed E-state index contributed by atoms with van der Waals surface area (Å²) in [4.78, 5) is 0. The van der Waals surface area contributed by atoms with Gasteiger partial charge in [-0.25, -0.2) is 4.68 Å². The molecule has 1 saturated heterocycles. The molecule has 1 aliphatic rings. The van der Waals surface area contributed by atoms with Gasteiger partial charge in [-0.2, -0.15) is 0 Å². The first-order chi connectivity index (χ1) is 6.33. The number of aromatic nitrogens is 3. The molecule has 0 radical (unpaired) electrons. The second-order valence-electron chi connectivity index (χ2n) is 3.31. The normalized spacial score (nSPS) is 28.2. The number of nitrogens with one attached hydrogen (secondary N) is 1. The lowest BCUT2D eigenvalue weighted by Crippen LogP contribution is -2.19. The number of aliphatic hydroxyl groups is 1. The minimum atomic E-state index is -0.302. The van der Waals surface area contributed by atoms with Gasteiger partial charge in [0.2, 0.25) is 0 Å². The molecule has 1 aliphatic heterocycles. The van der Waals surface area contributed by atoms with Gasteiger partial charge in [0.15, 0.2) is 0 Å². The molecule has 2 rings (SSSR count). The van der Waals surface area contributed by atoms with Crippen molar-refractivity contribution >= 4 is 0 Å². The van der Waals surface area contributed by atoms with Gasteiger partial charge in [0.05, 0.1) is 18.0 Å². The molecule has 1 aromatic rings. The van der Waals surface area contributed by atoms with Crippen LogP contribution >= 0.6 is 0 Å². The van der Waals surface area contributed by atoms with Gasteiger partial charge in [0.1, 0.15) is 0 Å². The van der Waals surface area contributed by atoms with E-state index in [1.165, 1.54) is 0 Å². The van der Waals surface area contributed by atoms with E-state index in [-0.39, 0.29) is 12.0 Å². The fourth-order valence-corrected chi connectivity index (χ4v) is 1.77. The number of hydrogen-bond donors (Lipinski definition) is 2. The summed E-state index contributed by atoms with van der Waals surface area (Å²) in [5, 5.41) is 20.6. The molecule has 0 unspecified atom stereocenters. The summed E-state index contributed by atoms with van der Waals surface area (Å²) >= 11 is 0. The third kappa shape index (κ3) is 1.45. The van der Waals surface area contributed by atoms with E-state index in [1.54, 1.807) is 6.20 Å². The third-order valence-corrected chi connectivity index (χ3v) is 2.51. The minimum absolute atomic E-state index is 0.148. The van der Waals surface area contributed by atoms with Crippen LogP contribution in [0.15, 0.2) is 6.20 Å². The topological polar surface area (TPSA) is 63.0 Å². The molecule has 0 bridgehead atoms. The van der Waals surface area contributed by atoms with Crippen molar-refractivity contribution in [2.24, 2.45) is 0 Å². The van der Waals surface area contributed by atoms with E-state index >= 15 is 0 Å². The van der Waals surface area contributed by atoms with Crippen LogP contribution in [0.4, 0.5) is 0 Å². The Hall–Kier alpha value is -0.940. The molecule has 1 aromatic heterocycles. The molecule has 0 spiro atoms. The molecule has 5 nitrogen and oxygen atoms in total. The maximum Gasteiger partial charge on any atom is 0.0760 e. The van der Waals surface area contributed by atoms with Crippen molar-refractivity contribution in [3.05, 3.63) is 11.9 Å². The highest BCUT2D eigenvalue weighted by molar-refractivity contribution is 5.10. The Morgan fingerprint density at radius 1 is 1.69 bits per heavy atom. The molecule has 2 atom stereocenters.